The van der Waals surface area contributed by atoms with Gasteiger partial charge in [0.25, 0.3) is 5.91 Å². The molecule has 0 fully saturated rings. The second kappa shape index (κ2) is 7.62. The molecule has 132 valence electrons. The van der Waals surface area contributed by atoms with Crippen LogP contribution in [-0.2, 0) is 6.18 Å². The maximum absolute atomic E-state index is 12.8. The van der Waals surface area contributed by atoms with Gasteiger partial charge in [0.05, 0.1) is 21.3 Å². The number of amides is 3. The fourth-order valence-electron chi connectivity index (χ4n) is 1.82. The van der Waals surface area contributed by atoms with E-state index in [0.717, 1.165) is 12.1 Å². The third-order valence-corrected chi connectivity index (χ3v) is 3.69. The molecule has 0 heterocycles. The van der Waals surface area contributed by atoms with Gasteiger partial charge < -0.3 is 5.32 Å². The van der Waals surface area contributed by atoms with Crippen molar-refractivity contribution in [3.63, 3.8) is 0 Å². The summed E-state index contributed by atoms with van der Waals surface area (Å²) in [5.41, 5.74) is 2.63. The first-order chi connectivity index (χ1) is 11.7. The molecule has 3 amide bonds. The van der Waals surface area contributed by atoms with Crippen molar-refractivity contribution in [1.82, 2.24) is 10.9 Å². The predicted molar refractivity (Wildman–Crippen MR) is 87.5 cm³/mol. The van der Waals surface area contributed by atoms with Crippen molar-refractivity contribution in [1.29, 1.82) is 0 Å². The van der Waals surface area contributed by atoms with Crippen LogP contribution in [0.3, 0.4) is 0 Å². The molecule has 0 aliphatic rings. The van der Waals surface area contributed by atoms with Gasteiger partial charge in [0.2, 0.25) is 0 Å². The summed E-state index contributed by atoms with van der Waals surface area (Å²) < 4.78 is 38.5. The van der Waals surface area contributed by atoms with E-state index in [9.17, 15) is 22.8 Å². The summed E-state index contributed by atoms with van der Waals surface area (Å²) in [7, 11) is 0. The Morgan fingerprint density at radius 3 is 2.24 bits per heavy atom. The fraction of sp³-hybridized carbons (Fsp3) is 0.0667. The number of urea groups is 1. The molecule has 0 aliphatic carbocycles. The van der Waals surface area contributed by atoms with Crippen LogP contribution in [0, 0.1) is 0 Å². The first-order valence-corrected chi connectivity index (χ1v) is 7.42. The maximum atomic E-state index is 12.8. The Kier molecular flexibility index (Phi) is 5.76. The highest BCUT2D eigenvalue weighted by Crippen LogP contribution is 2.34. The average molecular weight is 392 g/mol. The molecule has 0 saturated carbocycles. The summed E-state index contributed by atoms with van der Waals surface area (Å²) in [5, 5.41) is 2.39. The Morgan fingerprint density at radius 2 is 1.60 bits per heavy atom. The standard InChI is InChI=1S/C15H10Cl2F3N3O2/c16-10-6-5-8(7-11(10)17)13(24)22-23-14(25)21-12-4-2-1-3-9(12)15(18,19)20/h1-7H,(H,22,24)(H2,21,23,25). The summed E-state index contributed by atoms with van der Waals surface area (Å²) in [4.78, 5) is 23.6. The van der Waals surface area contributed by atoms with Gasteiger partial charge in [-0.05, 0) is 30.3 Å². The normalized spacial score (nSPS) is 10.9. The van der Waals surface area contributed by atoms with Crippen LogP contribution >= 0.6 is 23.2 Å². The lowest BCUT2D eigenvalue weighted by molar-refractivity contribution is -0.136. The van der Waals surface area contributed by atoms with Crippen LogP contribution in [0.5, 0.6) is 0 Å². The quantitative estimate of drug-likeness (QED) is 0.660. The molecule has 0 bridgehead atoms. The van der Waals surface area contributed by atoms with E-state index in [1.54, 1.807) is 0 Å². The minimum absolute atomic E-state index is 0.102. The summed E-state index contributed by atoms with van der Waals surface area (Å²) in [6, 6.07) is 7.41. The molecule has 0 unspecified atom stereocenters. The zero-order valence-corrected chi connectivity index (χ0v) is 13.8. The zero-order chi connectivity index (χ0) is 18.6. The molecular formula is C15H10Cl2F3N3O2. The van der Waals surface area contributed by atoms with Gasteiger partial charge in [-0.25, -0.2) is 10.2 Å². The molecule has 5 nitrogen and oxygen atoms in total. The number of carbonyl (C=O) groups is 2. The second-order valence-electron chi connectivity index (χ2n) is 4.71. The average Bonchev–Trinajstić information content (AvgIpc) is 2.54. The lowest BCUT2D eigenvalue weighted by Gasteiger charge is -2.14. The van der Waals surface area contributed by atoms with Gasteiger partial charge in [-0.3, -0.25) is 10.2 Å². The predicted octanol–water partition coefficient (Wildman–Crippen LogP) is 4.48. The summed E-state index contributed by atoms with van der Waals surface area (Å²) in [5.74, 6) is -0.724. The van der Waals surface area contributed by atoms with Crippen molar-refractivity contribution >= 4 is 40.8 Å². The van der Waals surface area contributed by atoms with E-state index in [2.05, 4.69) is 0 Å². The van der Waals surface area contributed by atoms with Crippen LogP contribution in [0.25, 0.3) is 0 Å². The maximum Gasteiger partial charge on any atom is 0.418 e. The van der Waals surface area contributed by atoms with E-state index in [1.165, 1.54) is 30.3 Å². The molecule has 0 saturated heterocycles. The summed E-state index contributed by atoms with van der Waals surface area (Å²) in [6.07, 6.45) is -4.63. The van der Waals surface area contributed by atoms with Crippen molar-refractivity contribution < 1.29 is 22.8 Å². The minimum atomic E-state index is -4.63. The molecule has 10 heteroatoms. The molecule has 2 aromatic rings. The number of para-hydroxylation sites is 1. The molecule has 0 aliphatic heterocycles. The minimum Gasteiger partial charge on any atom is -0.306 e. The summed E-state index contributed by atoms with van der Waals surface area (Å²) in [6.45, 7) is 0. The number of benzene rings is 2. The third kappa shape index (κ3) is 5.01. The van der Waals surface area contributed by atoms with Crippen LogP contribution < -0.4 is 16.2 Å². The highest BCUT2D eigenvalue weighted by Gasteiger charge is 2.33. The SMILES string of the molecule is O=C(NNC(=O)c1ccc(Cl)c(Cl)c1)Nc1ccccc1C(F)(F)F. The number of carbonyl (C=O) groups excluding carboxylic acids is 2. The van der Waals surface area contributed by atoms with Crippen LogP contribution in [0.15, 0.2) is 42.5 Å². The van der Waals surface area contributed by atoms with E-state index in [-0.39, 0.29) is 15.6 Å². The fourth-order valence-corrected chi connectivity index (χ4v) is 2.11. The van der Waals surface area contributed by atoms with E-state index in [4.69, 9.17) is 23.2 Å². The first kappa shape index (κ1) is 18.9. The number of alkyl halides is 3. The molecule has 0 radical (unpaired) electrons. The number of nitrogens with one attached hydrogen (secondary N) is 3. The zero-order valence-electron chi connectivity index (χ0n) is 12.2. The van der Waals surface area contributed by atoms with Crippen LogP contribution in [0.1, 0.15) is 15.9 Å². The van der Waals surface area contributed by atoms with Gasteiger partial charge in [-0.2, -0.15) is 13.2 Å². The number of hydrogen-bond acceptors (Lipinski definition) is 2. The molecule has 0 aromatic heterocycles. The molecule has 3 N–H and O–H groups in total. The van der Waals surface area contributed by atoms with Gasteiger partial charge in [0.1, 0.15) is 0 Å². The van der Waals surface area contributed by atoms with E-state index in [0.29, 0.717) is 0 Å². The third-order valence-electron chi connectivity index (χ3n) is 2.95. The Bertz CT molecular complexity index is 813. The Morgan fingerprint density at radius 1 is 0.920 bits per heavy atom. The Balaban J connectivity index is 1.99. The Hall–Kier alpha value is -2.45. The van der Waals surface area contributed by atoms with E-state index in [1.807, 2.05) is 16.2 Å². The molecule has 2 aromatic carbocycles. The molecular weight excluding hydrogens is 382 g/mol. The lowest BCUT2D eigenvalue weighted by atomic mass is 10.1. The van der Waals surface area contributed by atoms with E-state index >= 15 is 0 Å². The van der Waals surface area contributed by atoms with Crippen LogP contribution in [0.2, 0.25) is 10.0 Å². The van der Waals surface area contributed by atoms with Gasteiger partial charge in [-0.15, -0.1) is 0 Å². The van der Waals surface area contributed by atoms with Crippen molar-refractivity contribution in [2.75, 3.05) is 5.32 Å². The topological polar surface area (TPSA) is 70.2 Å². The van der Waals surface area contributed by atoms with Crippen molar-refractivity contribution in [2.24, 2.45) is 0 Å². The van der Waals surface area contributed by atoms with Crippen molar-refractivity contribution in [3.8, 4) is 0 Å². The molecule has 0 atom stereocenters. The van der Waals surface area contributed by atoms with Crippen LogP contribution in [-0.4, -0.2) is 11.9 Å². The largest absolute Gasteiger partial charge is 0.418 e. The monoisotopic (exact) mass is 391 g/mol. The Labute approximate surface area is 150 Å². The molecule has 0 spiro atoms. The van der Waals surface area contributed by atoms with Crippen molar-refractivity contribution in [2.45, 2.75) is 6.18 Å². The van der Waals surface area contributed by atoms with Gasteiger partial charge in [0, 0.05) is 5.56 Å². The highest BCUT2D eigenvalue weighted by molar-refractivity contribution is 6.42. The first-order valence-electron chi connectivity index (χ1n) is 6.67. The summed E-state index contributed by atoms with van der Waals surface area (Å²) >= 11 is 11.5. The lowest BCUT2D eigenvalue weighted by Crippen LogP contribution is -2.44. The van der Waals surface area contributed by atoms with Crippen LogP contribution in [0.4, 0.5) is 23.7 Å². The van der Waals surface area contributed by atoms with Crippen molar-refractivity contribution in [3.05, 3.63) is 63.6 Å². The molecule has 25 heavy (non-hydrogen) atoms. The number of hydrogen-bond donors (Lipinski definition) is 3. The van der Waals surface area contributed by atoms with Gasteiger partial charge >= 0.3 is 12.2 Å². The second-order valence-corrected chi connectivity index (χ2v) is 5.52. The number of rotatable bonds is 2. The molecule has 2 rings (SSSR count). The number of anilines is 1. The highest BCUT2D eigenvalue weighted by atomic mass is 35.5. The number of hydrazine groups is 1. The van der Waals surface area contributed by atoms with Gasteiger partial charge in [0.15, 0.2) is 0 Å². The smallest absolute Gasteiger partial charge is 0.306 e. The van der Waals surface area contributed by atoms with Gasteiger partial charge in [-0.1, -0.05) is 35.3 Å². The number of halogens is 5. The van der Waals surface area contributed by atoms with E-state index < -0.39 is 29.4 Å².